The van der Waals surface area contributed by atoms with Crippen molar-refractivity contribution in [3.63, 3.8) is 0 Å². The molecule has 2 heterocycles. The van der Waals surface area contributed by atoms with Crippen molar-refractivity contribution in [3.8, 4) is 0 Å². The van der Waals surface area contributed by atoms with E-state index in [4.69, 9.17) is 10.2 Å². The Bertz CT molecular complexity index is 648. The van der Waals surface area contributed by atoms with Gasteiger partial charge in [-0.3, -0.25) is 4.79 Å². The molecule has 2 aromatic rings. The number of rotatable bonds is 3. The average Bonchev–Trinajstić information content (AvgIpc) is 2.95. The Morgan fingerprint density at radius 1 is 1.50 bits per heavy atom. The Balaban J connectivity index is 1.80. The fourth-order valence-corrected chi connectivity index (χ4v) is 2.65. The van der Waals surface area contributed by atoms with Crippen LogP contribution in [0.2, 0.25) is 0 Å². The van der Waals surface area contributed by atoms with Gasteiger partial charge in [0.1, 0.15) is 5.52 Å². The predicted molar refractivity (Wildman–Crippen MR) is 76.8 cm³/mol. The van der Waals surface area contributed by atoms with Crippen LogP contribution in [0.25, 0.3) is 11.1 Å². The normalized spacial score (nSPS) is 19.4. The summed E-state index contributed by atoms with van der Waals surface area (Å²) >= 11 is 0. The number of fused-ring (bicyclic) bond motifs is 1. The number of para-hydroxylation sites is 1. The molecule has 0 spiro atoms. The summed E-state index contributed by atoms with van der Waals surface area (Å²) < 4.78 is 5.67. The van der Waals surface area contributed by atoms with Crippen molar-refractivity contribution < 1.29 is 9.21 Å². The minimum absolute atomic E-state index is 0.180. The van der Waals surface area contributed by atoms with E-state index in [0.717, 1.165) is 6.54 Å². The van der Waals surface area contributed by atoms with Crippen molar-refractivity contribution in [1.82, 2.24) is 9.88 Å². The lowest BCUT2D eigenvalue weighted by molar-refractivity contribution is -0.128. The van der Waals surface area contributed by atoms with Crippen LogP contribution in [-0.2, 0) is 11.3 Å². The van der Waals surface area contributed by atoms with Crippen LogP contribution in [0.4, 0.5) is 5.69 Å². The van der Waals surface area contributed by atoms with Gasteiger partial charge in [-0.2, -0.15) is 0 Å². The van der Waals surface area contributed by atoms with E-state index < -0.39 is 0 Å². The van der Waals surface area contributed by atoms with Crippen molar-refractivity contribution in [3.05, 3.63) is 24.1 Å². The van der Waals surface area contributed by atoms with E-state index in [-0.39, 0.29) is 5.91 Å². The number of likely N-dealkylation sites (tertiary alicyclic amines) is 1. The molecular weight excluding hydrogens is 254 g/mol. The van der Waals surface area contributed by atoms with Crippen LogP contribution < -0.4 is 5.73 Å². The Morgan fingerprint density at radius 2 is 2.30 bits per heavy atom. The maximum atomic E-state index is 12.0. The standard InChI is InChI=1S/C15H19N3O2/c1-9(2)10-6-14(19)18(7-10)8-13-17-15-11(16)4-3-5-12(15)20-13/h3-5,9-10H,6-8,16H2,1-2H3. The summed E-state index contributed by atoms with van der Waals surface area (Å²) in [5.41, 5.74) is 7.81. The molecule has 1 unspecified atom stereocenters. The van der Waals surface area contributed by atoms with Crippen LogP contribution in [0.1, 0.15) is 26.2 Å². The molecule has 1 amide bonds. The third-order valence-corrected chi connectivity index (χ3v) is 4.01. The molecule has 20 heavy (non-hydrogen) atoms. The van der Waals surface area contributed by atoms with Gasteiger partial charge >= 0.3 is 0 Å². The Labute approximate surface area is 117 Å². The topological polar surface area (TPSA) is 72.4 Å². The highest BCUT2D eigenvalue weighted by Gasteiger charge is 2.32. The molecule has 1 saturated heterocycles. The predicted octanol–water partition coefficient (Wildman–Crippen LogP) is 2.41. The number of amides is 1. The highest BCUT2D eigenvalue weighted by Crippen LogP contribution is 2.27. The first kappa shape index (κ1) is 13.0. The fraction of sp³-hybridized carbons (Fsp3) is 0.467. The highest BCUT2D eigenvalue weighted by atomic mass is 16.3. The summed E-state index contributed by atoms with van der Waals surface area (Å²) in [6, 6.07) is 5.47. The summed E-state index contributed by atoms with van der Waals surface area (Å²) in [5.74, 6) is 1.68. The van der Waals surface area contributed by atoms with E-state index in [1.807, 2.05) is 17.0 Å². The summed E-state index contributed by atoms with van der Waals surface area (Å²) in [4.78, 5) is 18.2. The number of benzene rings is 1. The van der Waals surface area contributed by atoms with Gasteiger partial charge in [-0.05, 0) is 24.0 Å². The zero-order chi connectivity index (χ0) is 14.3. The lowest BCUT2D eigenvalue weighted by atomic mass is 9.95. The SMILES string of the molecule is CC(C)C1CC(=O)N(Cc2nc3c(N)cccc3o2)C1. The van der Waals surface area contributed by atoms with Gasteiger partial charge in [-0.1, -0.05) is 19.9 Å². The second-order valence-electron chi connectivity index (χ2n) is 5.78. The van der Waals surface area contributed by atoms with E-state index in [1.165, 1.54) is 0 Å². The number of nitrogen functional groups attached to an aromatic ring is 1. The summed E-state index contributed by atoms with van der Waals surface area (Å²) in [7, 11) is 0. The fourth-order valence-electron chi connectivity index (χ4n) is 2.65. The number of nitrogens with zero attached hydrogens (tertiary/aromatic N) is 2. The third kappa shape index (κ3) is 2.24. The van der Waals surface area contributed by atoms with Crippen LogP contribution in [0, 0.1) is 11.8 Å². The van der Waals surface area contributed by atoms with Crippen molar-refractivity contribution in [1.29, 1.82) is 0 Å². The van der Waals surface area contributed by atoms with Crippen molar-refractivity contribution >= 4 is 22.7 Å². The largest absolute Gasteiger partial charge is 0.439 e. The number of anilines is 1. The molecule has 1 aromatic carbocycles. The van der Waals surface area contributed by atoms with Gasteiger partial charge in [0.2, 0.25) is 11.8 Å². The van der Waals surface area contributed by atoms with Crippen molar-refractivity contribution in [2.75, 3.05) is 12.3 Å². The molecule has 0 aliphatic carbocycles. The van der Waals surface area contributed by atoms with E-state index >= 15 is 0 Å². The van der Waals surface area contributed by atoms with Gasteiger partial charge in [-0.15, -0.1) is 0 Å². The van der Waals surface area contributed by atoms with Gasteiger partial charge in [0.05, 0.1) is 12.2 Å². The molecule has 3 rings (SSSR count). The Hall–Kier alpha value is -2.04. The molecule has 5 nitrogen and oxygen atoms in total. The second kappa shape index (κ2) is 4.81. The third-order valence-electron chi connectivity index (χ3n) is 4.01. The molecule has 1 aliphatic rings. The van der Waals surface area contributed by atoms with Gasteiger partial charge in [0, 0.05) is 13.0 Å². The van der Waals surface area contributed by atoms with Gasteiger partial charge in [-0.25, -0.2) is 4.98 Å². The molecule has 5 heteroatoms. The molecular formula is C15H19N3O2. The lowest BCUT2D eigenvalue weighted by Gasteiger charge is -2.16. The zero-order valence-electron chi connectivity index (χ0n) is 11.8. The van der Waals surface area contributed by atoms with Crippen LogP contribution in [0.3, 0.4) is 0 Å². The van der Waals surface area contributed by atoms with Crippen LogP contribution in [0.15, 0.2) is 22.6 Å². The quantitative estimate of drug-likeness (QED) is 0.872. The van der Waals surface area contributed by atoms with Gasteiger partial charge < -0.3 is 15.1 Å². The molecule has 1 aromatic heterocycles. The molecule has 1 atom stereocenters. The van der Waals surface area contributed by atoms with Gasteiger partial charge in [0.15, 0.2) is 5.58 Å². The smallest absolute Gasteiger partial charge is 0.223 e. The number of hydrogen-bond donors (Lipinski definition) is 1. The van der Waals surface area contributed by atoms with Crippen molar-refractivity contribution in [2.45, 2.75) is 26.8 Å². The molecule has 0 radical (unpaired) electrons. The maximum absolute atomic E-state index is 12.0. The second-order valence-corrected chi connectivity index (χ2v) is 5.78. The summed E-state index contributed by atoms with van der Waals surface area (Å²) in [6.07, 6.45) is 0.625. The summed E-state index contributed by atoms with van der Waals surface area (Å²) in [5, 5.41) is 0. The number of nitrogens with two attached hydrogens (primary N) is 1. The molecule has 1 fully saturated rings. The van der Waals surface area contributed by atoms with Crippen LogP contribution >= 0.6 is 0 Å². The van der Waals surface area contributed by atoms with E-state index in [0.29, 0.717) is 47.5 Å². The minimum Gasteiger partial charge on any atom is -0.439 e. The zero-order valence-corrected chi connectivity index (χ0v) is 11.8. The number of carbonyl (C=O) groups excluding carboxylic acids is 1. The van der Waals surface area contributed by atoms with Crippen LogP contribution in [0.5, 0.6) is 0 Å². The van der Waals surface area contributed by atoms with E-state index in [1.54, 1.807) is 6.07 Å². The molecule has 1 aliphatic heterocycles. The van der Waals surface area contributed by atoms with E-state index in [2.05, 4.69) is 18.8 Å². The van der Waals surface area contributed by atoms with Crippen molar-refractivity contribution in [2.24, 2.45) is 11.8 Å². The average molecular weight is 273 g/mol. The molecule has 2 N–H and O–H groups in total. The molecule has 0 bridgehead atoms. The monoisotopic (exact) mass is 273 g/mol. The first-order valence-corrected chi connectivity index (χ1v) is 6.96. The summed E-state index contributed by atoms with van der Waals surface area (Å²) in [6.45, 7) is 5.52. The Kier molecular flexibility index (Phi) is 3.12. The number of oxazole rings is 1. The number of hydrogen-bond acceptors (Lipinski definition) is 4. The lowest BCUT2D eigenvalue weighted by Crippen LogP contribution is -2.25. The number of aromatic nitrogens is 1. The molecule has 106 valence electrons. The first-order chi connectivity index (χ1) is 9.54. The maximum Gasteiger partial charge on any atom is 0.223 e. The minimum atomic E-state index is 0.180. The Morgan fingerprint density at radius 3 is 2.95 bits per heavy atom. The van der Waals surface area contributed by atoms with Gasteiger partial charge in [0.25, 0.3) is 0 Å². The van der Waals surface area contributed by atoms with Crippen LogP contribution in [-0.4, -0.2) is 22.3 Å². The highest BCUT2D eigenvalue weighted by molar-refractivity contribution is 5.85. The first-order valence-electron chi connectivity index (χ1n) is 6.96. The van der Waals surface area contributed by atoms with E-state index in [9.17, 15) is 4.79 Å². The number of carbonyl (C=O) groups is 1. The molecule has 0 saturated carbocycles.